The van der Waals surface area contributed by atoms with Crippen molar-refractivity contribution >= 4 is 17.2 Å². The Hall–Kier alpha value is -0.870. The quantitative estimate of drug-likeness (QED) is 0.925. The van der Waals surface area contributed by atoms with Gasteiger partial charge in [0.05, 0.1) is 4.88 Å². The molecule has 4 heteroatoms. The molecule has 2 aliphatic rings. The van der Waals surface area contributed by atoms with Crippen molar-refractivity contribution in [2.24, 2.45) is 5.92 Å². The third kappa shape index (κ3) is 3.54. The highest BCUT2D eigenvalue weighted by Gasteiger charge is 2.24. The van der Waals surface area contributed by atoms with E-state index in [0.29, 0.717) is 12.1 Å². The summed E-state index contributed by atoms with van der Waals surface area (Å²) in [6.45, 7) is 9.00. The molecule has 0 radical (unpaired) electrons. The van der Waals surface area contributed by atoms with Crippen molar-refractivity contribution in [1.29, 1.82) is 0 Å². The molecule has 1 atom stereocenters. The van der Waals surface area contributed by atoms with Crippen LogP contribution in [0.2, 0.25) is 0 Å². The first-order chi connectivity index (χ1) is 10.5. The number of aryl methyl sites for hydroxylation is 1. The first kappa shape index (κ1) is 16.0. The van der Waals surface area contributed by atoms with E-state index < -0.39 is 0 Å². The highest BCUT2D eigenvalue weighted by molar-refractivity contribution is 7.14. The van der Waals surface area contributed by atoms with E-state index in [-0.39, 0.29) is 5.91 Å². The minimum atomic E-state index is 0.148. The van der Waals surface area contributed by atoms with Crippen LogP contribution in [0.5, 0.6) is 0 Å². The van der Waals surface area contributed by atoms with Crippen LogP contribution < -0.4 is 5.32 Å². The molecule has 0 bridgehead atoms. The number of carbonyl (C=O) groups excluding carboxylic acids is 1. The molecule has 1 aromatic rings. The first-order valence-corrected chi connectivity index (χ1v) is 9.51. The number of piperidine rings is 1. The molecule has 1 N–H and O–H groups in total. The molecular weight excluding hydrogens is 292 g/mol. The molecule has 122 valence electrons. The normalized spacial score (nSPS) is 23.5. The predicted molar refractivity (Wildman–Crippen MR) is 92.7 cm³/mol. The molecule has 0 spiro atoms. The van der Waals surface area contributed by atoms with Gasteiger partial charge < -0.3 is 10.2 Å². The van der Waals surface area contributed by atoms with Crippen molar-refractivity contribution in [2.75, 3.05) is 13.1 Å². The maximum Gasteiger partial charge on any atom is 0.261 e. The lowest BCUT2D eigenvalue weighted by atomic mass is 9.90. The van der Waals surface area contributed by atoms with Crippen LogP contribution in [0.15, 0.2) is 6.07 Å². The summed E-state index contributed by atoms with van der Waals surface area (Å²) >= 11 is 1.72. The number of carbonyl (C=O) groups is 1. The van der Waals surface area contributed by atoms with Crippen LogP contribution in [-0.2, 0) is 12.8 Å². The Bertz CT molecular complexity index is 529. The smallest absolute Gasteiger partial charge is 0.261 e. The van der Waals surface area contributed by atoms with Gasteiger partial charge >= 0.3 is 0 Å². The van der Waals surface area contributed by atoms with Crippen LogP contribution in [0.3, 0.4) is 0 Å². The van der Waals surface area contributed by atoms with E-state index in [9.17, 15) is 4.79 Å². The van der Waals surface area contributed by atoms with Crippen molar-refractivity contribution in [3.8, 4) is 0 Å². The zero-order valence-electron chi connectivity index (χ0n) is 14.0. The fourth-order valence-corrected chi connectivity index (χ4v) is 4.75. The lowest BCUT2D eigenvalue weighted by molar-refractivity contribution is 0.0904. The van der Waals surface area contributed by atoms with E-state index in [1.807, 2.05) is 0 Å². The van der Waals surface area contributed by atoms with Gasteiger partial charge in [0.25, 0.3) is 5.91 Å². The van der Waals surface area contributed by atoms with E-state index in [2.05, 4.69) is 37.1 Å². The summed E-state index contributed by atoms with van der Waals surface area (Å²) in [5, 5.41) is 3.26. The van der Waals surface area contributed by atoms with Crippen molar-refractivity contribution in [3.05, 3.63) is 21.4 Å². The van der Waals surface area contributed by atoms with E-state index in [1.54, 1.807) is 11.3 Å². The van der Waals surface area contributed by atoms with Crippen molar-refractivity contribution < 1.29 is 4.79 Å². The highest BCUT2D eigenvalue weighted by atomic mass is 32.1. The number of rotatable bonds is 3. The van der Waals surface area contributed by atoms with Gasteiger partial charge in [-0.25, -0.2) is 0 Å². The van der Waals surface area contributed by atoms with Gasteiger partial charge in [-0.3, -0.25) is 4.79 Å². The van der Waals surface area contributed by atoms with Crippen LogP contribution in [0, 0.1) is 5.92 Å². The van der Waals surface area contributed by atoms with Crippen LogP contribution in [-0.4, -0.2) is 36.0 Å². The molecule has 0 aromatic carbocycles. The Labute approximate surface area is 138 Å². The summed E-state index contributed by atoms with van der Waals surface area (Å²) in [5.74, 6) is 0.911. The second-order valence-corrected chi connectivity index (χ2v) is 8.42. The first-order valence-electron chi connectivity index (χ1n) is 8.69. The number of hydrogen-bond acceptors (Lipinski definition) is 3. The fraction of sp³-hybridized carbons (Fsp3) is 0.722. The van der Waals surface area contributed by atoms with Gasteiger partial charge in [0.15, 0.2) is 0 Å². The Morgan fingerprint density at radius 1 is 1.32 bits per heavy atom. The lowest BCUT2D eigenvalue weighted by Crippen LogP contribution is -2.46. The molecule has 1 aliphatic carbocycles. The molecule has 0 saturated carbocycles. The number of fused-ring (bicyclic) bond motifs is 1. The predicted octanol–water partition coefficient (Wildman–Crippen LogP) is 3.48. The number of nitrogens with zero attached hydrogens (tertiary/aromatic N) is 1. The standard InChI is InChI=1S/C18H28N2OS/c1-12(2)20-8-6-15(7-9-20)19-18(21)17-11-14-10-13(3)4-5-16(14)22-17/h11-13,15H,4-10H2,1-3H3,(H,19,21)/t13-/m0/s1. The third-order valence-electron chi connectivity index (χ3n) is 5.15. The molecule has 3 nitrogen and oxygen atoms in total. The minimum absolute atomic E-state index is 0.148. The van der Waals surface area contributed by atoms with Gasteiger partial charge in [-0.2, -0.15) is 0 Å². The third-order valence-corrected chi connectivity index (χ3v) is 6.38. The molecule has 0 unspecified atom stereocenters. The average Bonchev–Trinajstić information content (AvgIpc) is 2.91. The topological polar surface area (TPSA) is 32.3 Å². The molecule has 1 saturated heterocycles. The molecule has 1 amide bonds. The van der Waals surface area contributed by atoms with Crippen LogP contribution in [0.25, 0.3) is 0 Å². The van der Waals surface area contributed by atoms with E-state index in [1.165, 1.54) is 16.9 Å². The maximum absolute atomic E-state index is 12.5. The molecule has 3 rings (SSSR count). The van der Waals surface area contributed by atoms with Crippen molar-refractivity contribution in [3.63, 3.8) is 0 Å². The zero-order chi connectivity index (χ0) is 15.7. The summed E-state index contributed by atoms with van der Waals surface area (Å²) in [4.78, 5) is 17.4. The maximum atomic E-state index is 12.5. The molecule has 1 aromatic heterocycles. The van der Waals surface area contributed by atoms with E-state index in [0.717, 1.165) is 49.6 Å². The Morgan fingerprint density at radius 2 is 2.05 bits per heavy atom. The number of thiophene rings is 1. The lowest BCUT2D eigenvalue weighted by Gasteiger charge is -2.34. The SMILES string of the molecule is CC(C)N1CCC(NC(=O)c2cc3c(s2)CC[C@H](C)C3)CC1. The molecule has 22 heavy (non-hydrogen) atoms. The average molecular weight is 321 g/mol. The van der Waals surface area contributed by atoms with E-state index >= 15 is 0 Å². The Morgan fingerprint density at radius 3 is 2.73 bits per heavy atom. The number of likely N-dealkylation sites (tertiary alicyclic amines) is 1. The molecule has 1 aliphatic heterocycles. The summed E-state index contributed by atoms with van der Waals surface area (Å²) < 4.78 is 0. The zero-order valence-corrected chi connectivity index (χ0v) is 14.8. The van der Waals surface area contributed by atoms with Gasteiger partial charge in [0, 0.05) is 30.1 Å². The van der Waals surface area contributed by atoms with Gasteiger partial charge in [-0.15, -0.1) is 11.3 Å². The van der Waals surface area contributed by atoms with Crippen LogP contribution in [0.4, 0.5) is 0 Å². The summed E-state index contributed by atoms with van der Waals surface area (Å²) in [5.41, 5.74) is 1.42. The largest absolute Gasteiger partial charge is 0.349 e. The molecular formula is C18H28N2OS. The number of amides is 1. The second-order valence-electron chi connectivity index (χ2n) is 7.28. The van der Waals surface area contributed by atoms with Gasteiger partial charge in [0.1, 0.15) is 0 Å². The summed E-state index contributed by atoms with van der Waals surface area (Å²) in [6, 6.07) is 3.11. The monoisotopic (exact) mass is 320 g/mol. The Kier molecular flexibility index (Phi) is 4.88. The Balaban J connectivity index is 1.57. The number of nitrogens with one attached hydrogen (secondary N) is 1. The van der Waals surface area contributed by atoms with E-state index in [4.69, 9.17) is 0 Å². The fourth-order valence-electron chi connectivity index (χ4n) is 3.63. The highest BCUT2D eigenvalue weighted by Crippen LogP contribution is 2.32. The second kappa shape index (κ2) is 6.71. The van der Waals surface area contributed by atoms with Crippen LogP contribution >= 0.6 is 11.3 Å². The van der Waals surface area contributed by atoms with Gasteiger partial charge in [0.2, 0.25) is 0 Å². The summed E-state index contributed by atoms with van der Waals surface area (Å²) in [7, 11) is 0. The molecule has 2 heterocycles. The molecule has 1 fully saturated rings. The van der Waals surface area contributed by atoms with Gasteiger partial charge in [-0.1, -0.05) is 6.92 Å². The van der Waals surface area contributed by atoms with Gasteiger partial charge in [-0.05, 0) is 63.5 Å². The summed E-state index contributed by atoms with van der Waals surface area (Å²) in [6.07, 6.45) is 5.72. The van der Waals surface area contributed by atoms with Crippen molar-refractivity contribution in [1.82, 2.24) is 10.2 Å². The minimum Gasteiger partial charge on any atom is -0.349 e. The van der Waals surface area contributed by atoms with Crippen molar-refractivity contribution in [2.45, 2.75) is 65.0 Å². The number of hydrogen-bond donors (Lipinski definition) is 1. The van der Waals surface area contributed by atoms with Crippen LogP contribution in [0.1, 0.15) is 60.1 Å².